The van der Waals surface area contributed by atoms with Crippen LogP contribution in [-0.4, -0.2) is 14.7 Å². The highest BCUT2D eigenvalue weighted by Gasteiger charge is 2.27. The molecule has 0 radical (unpaired) electrons. The molecule has 1 aromatic heterocycles. The van der Waals surface area contributed by atoms with Crippen molar-refractivity contribution in [3.8, 4) is 0 Å². The Balaban J connectivity index is 1.92. The van der Waals surface area contributed by atoms with Crippen LogP contribution in [0.2, 0.25) is 0 Å². The van der Waals surface area contributed by atoms with Crippen molar-refractivity contribution in [3.05, 3.63) is 18.2 Å². The van der Waals surface area contributed by atoms with Crippen molar-refractivity contribution in [1.82, 2.24) is 9.55 Å². The third kappa shape index (κ3) is 3.35. The van der Waals surface area contributed by atoms with Gasteiger partial charge in [0.1, 0.15) is 0 Å². The molecule has 18 heavy (non-hydrogen) atoms. The molecule has 3 heteroatoms. The topological polar surface area (TPSA) is 38.1 Å². The van der Waals surface area contributed by atoms with E-state index in [0.717, 1.165) is 18.5 Å². The highest BCUT2D eigenvalue weighted by molar-refractivity contribution is 5.07. The van der Waals surface area contributed by atoms with Gasteiger partial charge < -0.3 is 9.67 Å². The Morgan fingerprint density at radius 1 is 1.44 bits per heavy atom. The summed E-state index contributed by atoms with van der Waals surface area (Å²) in [7, 11) is 0. The minimum Gasteiger partial charge on any atom is -0.387 e. The molecule has 1 N–H and O–H groups in total. The van der Waals surface area contributed by atoms with E-state index in [0.29, 0.717) is 12.0 Å². The molecule has 0 aliphatic heterocycles. The Labute approximate surface area is 110 Å². The van der Waals surface area contributed by atoms with Crippen LogP contribution >= 0.6 is 0 Å². The van der Waals surface area contributed by atoms with Crippen LogP contribution in [0.1, 0.15) is 76.6 Å². The monoisotopic (exact) mass is 250 g/mol. The third-order valence-corrected chi connectivity index (χ3v) is 4.08. The van der Waals surface area contributed by atoms with Crippen molar-refractivity contribution in [2.45, 2.75) is 70.9 Å². The number of aliphatic hydroxyl groups excluding tert-OH is 1. The molecule has 1 fully saturated rings. The molecular weight excluding hydrogens is 224 g/mol. The minimum atomic E-state index is -0.338. The number of aromatic nitrogens is 2. The van der Waals surface area contributed by atoms with Crippen LogP contribution in [0.25, 0.3) is 0 Å². The molecule has 1 aliphatic carbocycles. The fourth-order valence-corrected chi connectivity index (χ4v) is 2.65. The standard InChI is InChI=1S/C15H26N2O/c1-3-5-6-12(4-2)9-15(18)14-10-16-11-17(14)13-7-8-13/h10-13,15,18H,3-9H2,1-2H3. The first-order chi connectivity index (χ1) is 8.76. The first-order valence-corrected chi connectivity index (χ1v) is 7.46. The molecule has 1 aliphatic rings. The Morgan fingerprint density at radius 3 is 2.83 bits per heavy atom. The predicted molar refractivity (Wildman–Crippen MR) is 73.4 cm³/mol. The van der Waals surface area contributed by atoms with Gasteiger partial charge in [0.15, 0.2) is 0 Å². The lowest BCUT2D eigenvalue weighted by Crippen LogP contribution is -2.11. The fraction of sp³-hybridized carbons (Fsp3) is 0.800. The van der Waals surface area contributed by atoms with Gasteiger partial charge in [-0.3, -0.25) is 0 Å². The zero-order chi connectivity index (χ0) is 13.0. The van der Waals surface area contributed by atoms with Gasteiger partial charge >= 0.3 is 0 Å². The zero-order valence-corrected chi connectivity index (χ0v) is 11.7. The molecule has 3 nitrogen and oxygen atoms in total. The van der Waals surface area contributed by atoms with E-state index < -0.39 is 0 Å². The summed E-state index contributed by atoms with van der Waals surface area (Å²) in [6.45, 7) is 4.45. The summed E-state index contributed by atoms with van der Waals surface area (Å²) in [6.07, 6.45) is 11.7. The number of aliphatic hydroxyl groups is 1. The van der Waals surface area contributed by atoms with Crippen LogP contribution in [0.4, 0.5) is 0 Å². The maximum Gasteiger partial charge on any atom is 0.0958 e. The van der Waals surface area contributed by atoms with Gasteiger partial charge in [0.25, 0.3) is 0 Å². The largest absolute Gasteiger partial charge is 0.387 e. The summed E-state index contributed by atoms with van der Waals surface area (Å²) >= 11 is 0. The van der Waals surface area contributed by atoms with Crippen LogP contribution in [0, 0.1) is 5.92 Å². The van der Waals surface area contributed by atoms with E-state index in [2.05, 4.69) is 23.4 Å². The molecule has 2 unspecified atom stereocenters. The van der Waals surface area contributed by atoms with Crippen molar-refractivity contribution < 1.29 is 5.11 Å². The number of unbranched alkanes of at least 4 members (excludes halogenated alkanes) is 1. The average Bonchev–Trinajstić information content (AvgIpc) is 3.11. The van der Waals surface area contributed by atoms with E-state index in [4.69, 9.17) is 0 Å². The van der Waals surface area contributed by atoms with Crippen LogP contribution in [0.15, 0.2) is 12.5 Å². The number of nitrogens with zero attached hydrogens (tertiary/aromatic N) is 2. The van der Waals surface area contributed by atoms with Crippen LogP contribution in [-0.2, 0) is 0 Å². The minimum absolute atomic E-state index is 0.338. The Kier molecular flexibility index (Phi) is 4.81. The normalized spacial score (nSPS) is 18.8. The third-order valence-electron chi connectivity index (χ3n) is 4.08. The second kappa shape index (κ2) is 6.37. The number of rotatable bonds is 8. The molecule has 1 heterocycles. The summed E-state index contributed by atoms with van der Waals surface area (Å²) in [5, 5.41) is 10.4. The maximum absolute atomic E-state index is 10.4. The molecule has 0 spiro atoms. The highest BCUT2D eigenvalue weighted by Crippen LogP contribution is 2.38. The van der Waals surface area contributed by atoms with Gasteiger partial charge in [-0.15, -0.1) is 0 Å². The van der Waals surface area contributed by atoms with Crippen molar-refractivity contribution >= 4 is 0 Å². The maximum atomic E-state index is 10.4. The number of imidazole rings is 1. The van der Waals surface area contributed by atoms with Gasteiger partial charge in [-0.25, -0.2) is 4.98 Å². The molecule has 102 valence electrons. The molecule has 1 aromatic rings. The Morgan fingerprint density at radius 2 is 2.22 bits per heavy atom. The quantitative estimate of drug-likeness (QED) is 0.761. The average molecular weight is 250 g/mol. The van der Waals surface area contributed by atoms with Crippen molar-refractivity contribution in [1.29, 1.82) is 0 Å². The number of hydrogen-bond acceptors (Lipinski definition) is 2. The highest BCUT2D eigenvalue weighted by atomic mass is 16.3. The van der Waals surface area contributed by atoms with Gasteiger partial charge in [0.2, 0.25) is 0 Å². The molecule has 2 atom stereocenters. The van der Waals surface area contributed by atoms with E-state index in [1.54, 1.807) is 0 Å². The smallest absolute Gasteiger partial charge is 0.0958 e. The van der Waals surface area contributed by atoms with Crippen molar-refractivity contribution in [2.75, 3.05) is 0 Å². The molecule has 0 saturated heterocycles. The number of hydrogen-bond donors (Lipinski definition) is 1. The Hall–Kier alpha value is -0.830. The molecule has 0 aromatic carbocycles. The summed E-state index contributed by atoms with van der Waals surface area (Å²) in [5.41, 5.74) is 1.02. The summed E-state index contributed by atoms with van der Waals surface area (Å²) < 4.78 is 2.18. The fourth-order valence-electron chi connectivity index (χ4n) is 2.65. The molecule has 0 bridgehead atoms. The van der Waals surface area contributed by atoms with Crippen molar-refractivity contribution in [2.24, 2.45) is 5.92 Å². The van der Waals surface area contributed by atoms with Gasteiger partial charge in [0, 0.05) is 6.04 Å². The van der Waals surface area contributed by atoms with Gasteiger partial charge in [-0.05, 0) is 25.2 Å². The molecule has 0 amide bonds. The molecule has 1 saturated carbocycles. The SMILES string of the molecule is CCCCC(CC)CC(O)c1cncn1C1CC1. The molecular formula is C15H26N2O. The van der Waals surface area contributed by atoms with E-state index in [1.165, 1.54) is 32.1 Å². The van der Waals surface area contributed by atoms with Gasteiger partial charge in [0.05, 0.1) is 24.3 Å². The van der Waals surface area contributed by atoms with Crippen molar-refractivity contribution in [3.63, 3.8) is 0 Å². The summed E-state index contributed by atoms with van der Waals surface area (Å²) in [6, 6.07) is 0.605. The van der Waals surface area contributed by atoms with E-state index >= 15 is 0 Å². The molecule has 2 rings (SSSR count). The lowest BCUT2D eigenvalue weighted by Gasteiger charge is -2.19. The van der Waals surface area contributed by atoms with Gasteiger partial charge in [-0.1, -0.05) is 39.5 Å². The van der Waals surface area contributed by atoms with E-state index in [1.807, 2.05) is 12.5 Å². The van der Waals surface area contributed by atoms with Crippen LogP contribution in [0.3, 0.4) is 0 Å². The predicted octanol–water partition coefficient (Wildman–Crippen LogP) is 3.86. The second-order valence-corrected chi connectivity index (χ2v) is 5.62. The first-order valence-electron chi connectivity index (χ1n) is 7.46. The van der Waals surface area contributed by atoms with E-state index in [9.17, 15) is 5.11 Å². The Bertz CT molecular complexity index is 357. The van der Waals surface area contributed by atoms with Crippen LogP contribution < -0.4 is 0 Å². The van der Waals surface area contributed by atoms with Gasteiger partial charge in [-0.2, -0.15) is 0 Å². The summed E-state index contributed by atoms with van der Waals surface area (Å²) in [4.78, 5) is 4.20. The lowest BCUT2D eigenvalue weighted by atomic mass is 9.92. The first kappa shape index (κ1) is 13.6. The lowest BCUT2D eigenvalue weighted by molar-refractivity contribution is 0.131. The second-order valence-electron chi connectivity index (χ2n) is 5.62. The zero-order valence-electron chi connectivity index (χ0n) is 11.7. The van der Waals surface area contributed by atoms with E-state index in [-0.39, 0.29) is 6.10 Å². The van der Waals surface area contributed by atoms with Crippen LogP contribution in [0.5, 0.6) is 0 Å². The summed E-state index contributed by atoms with van der Waals surface area (Å²) in [5.74, 6) is 0.641.